The van der Waals surface area contributed by atoms with Crippen molar-refractivity contribution in [3.63, 3.8) is 0 Å². The Morgan fingerprint density at radius 3 is 2.60 bits per heavy atom. The smallest absolute Gasteiger partial charge is 0.410 e. The van der Waals surface area contributed by atoms with Gasteiger partial charge < -0.3 is 20.6 Å². The Labute approximate surface area is 148 Å². The zero-order chi connectivity index (χ0) is 18.6. The summed E-state index contributed by atoms with van der Waals surface area (Å²) in [6.45, 7) is 10.0. The number of allylic oxidation sites excluding steroid dienone is 1. The second kappa shape index (κ2) is 7.59. The van der Waals surface area contributed by atoms with E-state index in [2.05, 4.69) is 11.7 Å². The zero-order valence-electron chi connectivity index (χ0n) is 15.1. The fourth-order valence-corrected chi connectivity index (χ4v) is 3.10. The molecule has 25 heavy (non-hydrogen) atoms. The number of oxime groups is 1. The molecule has 1 heterocycles. The molecule has 6 heteroatoms. The second-order valence-corrected chi connectivity index (χ2v) is 7.38. The molecule has 0 aromatic heterocycles. The Morgan fingerprint density at radius 1 is 1.44 bits per heavy atom. The van der Waals surface area contributed by atoms with Gasteiger partial charge in [-0.05, 0) is 45.1 Å². The highest BCUT2D eigenvalue weighted by Gasteiger charge is 2.37. The first-order valence-corrected chi connectivity index (χ1v) is 8.43. The highest BCUT2D eigenvalue weighted by molar-refractivity contribution is 5.97. The molecule has 0 radical (unpaired) electrons. The molecule has 1 aromatic carbocycles. The predicted molar refractivity (Wildman–Crippen MR) is 97.6 cm³/mol. The lowest BCUT2D eigenvalue weighted by atomic mass is 9.97. The first-order chi connectivity index (χ1) is 11.7. The summed E-state index contributed by atoms with van der Waals surface area (Å²) in [5.41, 5.74) is 6.72. The third-order valence-electron chi connectivity index (χ3n) is 4.21. The van der Waals surface area contributed by atoms with Gasteiger partial charge >= 0.3 is 6.09 Å². The fraction of sp³-hybridized carbons (Fsp3) is 0.474. The number of nitrogens with zero attached hydrogens (tertiary/aromatic N) is 2. The molecular weight excluding hydrogens is 318 g/mol. The normalized spacial score (nSPS) is 21.2. The maximum Gasteiger partial charge on any atom is 0.410 e. The number of nitrogens with two attached hydrogens (primary N) is 1. The van der Waals surface area contributed by atoms with Gasteiger partial charge in [-0.15, -0.1) is 6.58 Å². The van der Waals surface area contributed by atoms with Crippen LogP contribution in [-0.4, -0.2) is 34.2 Å². The van der Waals surface area contributed by atoms with Crippen LogP contribution in [0, 0.1) is 5.92 Å². The maximum atomic E-state index is 12.6. The number of rotatable bonds is 4. The Morgan fingerprint density at radius 2 is 2.08 bits per heavy atom. The third-order valence-corrected chi connectivity index (χ3v) is 4.21. The highest BCUT2D eigenvalue weighted by atomic mass is 16.6. The lowest BCUT2D eigenvalue weighted by Crippen LogP contribution is -2.36. The average molecular weight is 345 g/mol. The average Bonchev–Trinajstić information content (AvgIpc) is 2.97. The minimum Gasteiger partial charge on any atom is -0.444 e. The molecule has 1 aliphatic heterocycles. The van der Waals surface area contributed by atoms with Crippen molar-refractivity contribution in [1.82, 2.24) is 4.90 Å². The summed E-state index contributed by atoms with van der Waals surface area (Å²) in [4.78, 5) is 14.4. The Balaban J connectivity index is 2.24. The summed E-state index contributed by atoms with van der Waals surface area (Å²) in [5, 5.41) is 11.8. The molecule has 1 aromatic rings. The molecule has 6 nitrogen and oxygen atoms in total. The molecule has 0 saturated carbocycles. The van der Waals surface area contributed by atoms with Gasteiger partial charge in [0, 0.05) is 12.1 Å². The van der Waals surface area contributed by atoms with Gasteiger partial charge in [-0.3, -0.25) is 0 Å². The number of benzene rings is 1. The monoisotopic (exact) mass is 345 g/mol. The number of likely N-dealkylation sites (tertiary alicyclic amines) is 1. The summed E-state index contributed by atoms with van der Waals surface area (Å²) in [6, 6.07) is 7.34. The van der Waals surface area contributed by atoms with Crippen molar-refractivity contribution in [2.24, 2.45) is 16.8 Å². The summed E-state index contributed by atoms with van der Waals surface area (Å²) in [7, 11) is 0. The SMILES string of the molecule is C=CC[C@@H]1C[C@@H](c2ccc(C(N)=NO)cc2)N(C(=O)OC(C)(C)C)C1. The summed E-state index contributed by atoms with van der Waals surface area (Å²) in [5.74, 6) is 0.422. The van der Waals surface area contributed by atoms with Gasteiger partial charge in [0.2, 0.25) is 0 Å². The Hall–Kier alpha value is -2.50. The van der Waals surface area contributed by atoms with Crippen LogP contribution in [0.2, 0.25) is 0 Å². The van der Waals surface area contributed by atoms with Crippen molar-refractivity contribution in [1.29, 1.82) is 0 Å². The van der Waals surface area contributed by atoms with Crippen LogP contribution < -0.4 is 5.73 Å². The van der Waals surface area contributed by atoms with Gasteiger partial charge in [-0.25, -0.2) is 4.79 Å². The van der Waals surface area contributed by atoms with Gasteiger partial charge in [0.25, 0.3) is 0 Å². The van der Waals surface area contributed by atoms with Crippen LogP contribution >= 0.6 is 0 Å². The van der Waals surface area contributed by atoms with Crippen LogP contribution in [0.5, 0.6) is 0 Å². The summed E-state index contributed by atoms with van der Waals surface area (Å²) < 4.78 is 5.57. The third kappa shape index (κ3) is 4.75. The van der Waals surface area contributed by atoms with Gasteiger partial charge in [0.15, 0.2) is 5.84 Å². The second-order valence-electron chi connectivity index (χ2n) is 7.38. The van der Waals surface area contributed by atoms with Gasteiger partial charge in [0.05, 0.1) is 6.04 Å². The van der Waals surface area contributed by atoms with Gasteiger partial charge in [0.1, 0.15) is 5.60 Å². The van der Waals surface area contributed by atoms with Crippen LogP contribution in [0.3, 0.4) is 0 Å². The van der Waals surface area contributed by atoms with Crippen molar-refractivity contribution < 1.29 is 14.7 Å². The summed E-state index contributed by atoms with van der Waals surface area (Å²) in [6.07, 6.45) is 3.30. The minimum absolute atomic E-state index is 0.0545. The quantitative estimate of drug-likeness (QED) is 0.287. The molecule has 1 fully saturated rings. The van der Waals surface area contributed by atoms with E-state index < -0.39 is 5.60 Å². The van der Waals surface area contributed by atoms with Crippen LogP contribution in [0.4, 0.5) is 4.79 Å². The topological polar surface area (TPSA) is 88.2 Å². The number of hydrogen-bond acceptors (Lipinski definition) is 4. The lowest BCUT2D eigenvalue weighted by molar-refractivity contribution is 0.0219. The van der Waals surface area contributed by atoms with E-state index in [-0.39, 0.29) is 18.0 Å². The highest BCUT2D eigenvalue weighted by Crippen LogP contribution is 2.38. The van der Waals surface area contributed by atoms with Crippen molar-refractivity contribution in [3.05, 3.63) is 48.0 Å². The van der Waals surface area contributed by atoms with Crippen molar-refractivity contribution >= 4 is 11.9 Å². The number of hydrogen-bond donors (Lipinski definition) is 2. The minimum atomic E-state index is -0.534. The molecule has 2 atom stereocenters. The standard InChI is InChI=1S/C19H27N3O3/c1-5-6-13-11-16(22(12-13)18(23)25-19(2,3)4)14-7-9-15(10-8-14)17(20)21-24/h5,7-10,13,16,24H,1,6,11-12H2,2-4H3,(H2,20,21)/t13-,16+/m1/s1. The molecule has 3 N–H and O–H groups in total. The molecule has 0 unspecified atom stereocenters. The number of carbonyl (C=O) groups excluding carboxylic acids is 1. The number of amides is 1. The van der Waals surface area contributed by atoms with Crippen LogP contribution in [-0.2, 0) is 4.74 Å². The molecule has 136 valence electrons. The molecule has 1 aliphatic rings. The van der Waals surface area contributed by atoms with E-state index in [0.717, 1.165) is 18.4 Å². The lowest BCUT2D eigenvalue weighted by Gasteiger charge is -2.29. The van der Waals surface area contributed by atoms with Crippen LogP contribution in [0.1, 0.15) is 50.8 Å². The summed E-state index contributed by atoms with van der Waals surface area (Å²) >= 11 is 0. The van der Waals surface area contributed by atoms with Crippen molar-refractivity contribution in [2.45, 2.75) is 45.3 Å². The van der Waals surface area contributed by atoms with E-state index in [1.165, 1.54) is 0 Å². The fourth-order valence-electron chi connectivity index (χ4n) is 3.10. The van der Waals surface area contributed by atoms with Gasteiger partial charge in [-0.2, -0.15) is 0 Å². The predicted octanol–water partition coefficient (Wildman–Crippen LogP) is 3.66. The van der Waals surface area contributed by atoms with Crippen molar-refractivity contribution in [3.8, 4) is 0 Å². The van der Waals surface area contributed by atoms with Crippen molar-refractivity contribution in [2.75, 3.05) is 6.54 Å². The Kier molecular flexibility index (Phi) is 5.72. The van der Waals surface area contributed by atoms with E-state index in [0.29, 0.717) is 18.0 Å². The van der Waals surface area contributed by atoms with E-state index >= 15 is 0 Å². The molecule has 0 spiro atoms. The molecule has 0 aliphatic carbocycles. The first-order valence-electron chi connectivity index (χ1n) is 8.43. The van der Waals surface area contributed by atoms with Gasteiger partial charge in [-0.1, -0.05) is 35.5 Å². The number of amidine groups is 1. The largest absolute Gasteiger partial charge is 0.444 e. The molecule has 1 saturated heterocycles. The van der Waals surface area contributed by atoms with Crippen LogP contribution in [0.15, 0.2) is 42.1 Å². The van der Waals surface area contributed by atoms with E-state index in [1.807, 2.05) is 39.0 Å². The van der Waals surface area contributed by atoms with E-state index in [1.54, 1.807) is 17.0 Å². The Bertz CT molecular complexity index is 647. The van der Waals surface area contributed by atoms with E-state index in [4.69, 9.17) is 15.7 Å². The zero-order valence-corrected chi connectivity index (χ0v) is 15.1. The molecule has 1 amide bonds. The molecule has 2 rings (SSSR count). The molecule has 0 bridgehead atoms. The number of carbonyl (C=O) groups is 1. The molecular formula is C19H27N3O3. The van der Waals surface area contributed by atoms with E-state index in [9.17, 15) is 4.79 Å². The van der Waals surface area contributed by atoms with Crippen LogP contribution in [0.25, 0.3) is 0 Å². The first kappa shape index (κ1) is 18.8. The number of ether oxygens (including phenoxy) is 1. The maximum absolute atomic E-state index is 12.6.